The number of aromatic nitrogens is 1. The highest BCUT2D eigenvalue weighted by Gasteiger charge is 2.29. The van der Waals surface area contributed by atoms with Crippen LogP contribution >= 0.6 is 0 Å². The number of primary amides is 1. The molecule has 0 bridgehead atoms. The first-order valence-corrected chi connectivity index (χ1v) is 6.00. The van der Waals surface area contributed by atoms with Crippen molar-refractivity contribution < 1.29 is 14.3 Å². The predicted octanol–water partition coefficient (Wildman–Crippen LogP) is 0.826. The average molecular weight is 251 g/mol. The van der Waals surface area contributed by atoms with E-state index in [1.165, 1.54) is 0 Å². The summed E-state index contributed by atoms with van der Waals surface area (Å²) in [7, 11) is 0. The van der Waals surface area contributed by atoms with E-state index >= 15 is 0 Å². The van der Waals surface area contributed by atoms with Crippen molar-refractivity contribution in [2.45, 2.75) is 38.3 Å². The van der Waals surface area contributed by atoms with Gasteiger partial charge < -0.3 is 20.8 Å². The minimum absolute atomic E-state index is 0.318. The molecule has 18 heavy (non-hydrogen) atoms. The van der Waals surface area contributed by atoms with Gasteiger partial charge in [-0.25, -0.2) is 4.79 Å². The van der Waals surface area contributed by atoms with E-state index in [2.05, 4.69) is 0 Å². The second-order valence-corrected chi connectivity index (χ2v) is 4.50. The predicted molar refractivity (Wildman–Crippen MR) is 65.8 cm³/mol. The Labute approximate surface area is 105 Å². The molecule has 6 nitrogen and oxygen atoms in total. The SMILES string of the molecule is CCC(OC(=O)c1cc(N)cn1C1CC1)C(N)=O. The van der Waals surface area contributed by atoms with Crippen molar-refractivity contribution in [3.8, 4) is 0 Å². The first-order valence-electron chi connectivity index (χ1n) is 6.00. The van der Waals surface area contributed by atoms with E-state index in [4.69, 9.17) is 16.2 Å². The Morgan fingerprint density at radius 3 is 2.72 bits per heavy atom. The van der Waals surface area contributed by atoms with Crippen LogP contribution in [-0.2, 0) is 9.53 Å². The van der Waals surface area contributed by atoms with Gasteiger partial charge in [-0.15, -0.1) is 0 Å². The molecule has 0 saturated heterocycles. The van der Waals surface area contributed by atoms with E-state index < -0.39 is 18.0 Å². The molecule has 1 amide bonds. The maximum absolute atomic E-state index is 12.0. The van der Waals surface area contributed by atoms with Crippen molar-refractivity contribution in [1.82, 2.24) is 4.57 Å². The summed E-state index contributed by atoms with van der Waals surface area (Å²) in [6.45, 7) is 1.73. The molecule has 6 heteroatoms. The normalized spacial score (nSPS) is 16.3. The third-order valence-corrected chi connectivity index (χ3v) is 2.96. The Balaban J connectivity index is 2.15. The highest BCUT2D eigenvalue weighted by atomic mass is 16.5. The molecule has 0 spiro atoms. The Hall–Kier alpha value is -1.98. The van der Waals surface area contributed by atoms with E-state index in [0.717, 1.165) is 12.8 Å². The molecule has 1 fully saturated rings. The number of carbonyl (C=O) groups excluding carboxylic acids is 2. The number of rotatable bonds is 5. The van der Waals surface area contributed by atoms with Crippen molar-refractivity contribution in [3.63, 3.8) is 0 Å². The molecular formula is C12H17N3O3. The Kier molecular flexibility index (Phi) is 3.27. The molecule has 1 atom stereocenters. The fourth-order valence-corrected chi connectivity index (χ4v) is 1.85. The van der Waals surface area contributed by atoms with Gasteiger partial charge in [-0.3, -0.25) is 4.79 Å². The monoisotopic (exact) mass is 251 g/mol. The lowest BCUT2D eigenvalue weighted by molar-refractivity contribution is -0.126. The summed E-state index contributed by atoms with van der Waals surface area (Å²) in [5.41, 5.74) is 11.7. The van der Waals surface area contributed by atoms with Crippen LogP contribution in [0.3, 0.4) is 0 Å². The molecule has 0 radical (unpaired) electrons. The molecule has 0 aromatic carbocycles. The number of esters is 1. The van der Waals surface area contributed by atoms with Crippen LogP contribution in [0.15, 0.2) is 12.3 Å². The van der Waals surface area contributed by atoms with E-state index in [1.807, 2.05) is 4.57 Å². The number of nitrogens with zero attached hydrogens (tertiary/aromatic N) is 1. The minimum Gasteiger partial charge on any atom is -0.448 e. The van der Waals surface area contributed by atoms with Gasteiger partial charge in [0.05, 0.1) is 5.69 Å². The zero-order valence-corrected chi connectivity index (χ0v) is 10.3. The highest BCUT2D eigenvalue weighted by Crippen LogP contribution is 2.37. The lowest BCUT2D eigenvalue weighted by atomic mass is 10.2. The number of ether oxygens (including phenoxy) is 1. The summed E-state index contributed by atoms with van der Waals surface area (Å²) in [5.74, 6) is -1.19. The van der Waals surface area contributed by atoms with Crippen LogP contribution in [0.4, 0.5) is 5.69 Å². The van der Waals surface area contributed by atoms with Crippen LogP contribution in [0.2, 0.25) is 0 Å². The molecule has 1 heterocycles. The van der Waals surface area contributed by atoms with Gasteiger partial charge >= 0.3 is 5.97 Å². The number of hydrogen-bond acceptors (Lipinski definition) is 4. The minimum atomic E-state index is -0.888. The summed E-state index contributed by atoms with van der Waals surface area (Å²) in [5, 5.41) is 0. The second-order valence-electron chi connectivity index (χ2n) is 4.50. The largest absolute Gasteiger partial charge is 0.448 e. The van der Waals surface area contributed by atoms with Gasteiger partial charge in [0.25, 0.3) is 5.91 Å². The number of amides is 1. The van der Waals surface area contributed by atoms with Crippen LogP contribution < -0.4 is 11.5 Å². The van der Waals surface area contributed by atoms with Crippen LogP contribution in [-0.4, -0.2) is 22.5 Å². The third-order valence-electron chi connectivity index (χ3n) is 2.96. The highest BCUT2D eigenvalue weighted by molar-refractivity contribution is 5.91. The molecule has 1 aromatic heterocycles. The van der Waals surface area contributed by atoms with Crippen molar-refractivity contribution in [2.75, 3.05) is 5.73 Å². The molecule has 0 aliphatic heterocycles. The van der Waals surface area contributed by atoms with Crippen molar-refractivity contribution in [1.29, 1.82) is 0 Å². The number of nitrogen functional groups attached to an aromatic ring is 1. The number of carbonyl (C=O) groups is 2. The van der Waals surface area contributed by atoms with Gasteiger partial charge in [0.1, 0.15) is 5.69 Å². The first-order chi connectivity index (χ1) is 8.52. The standard InChI is InChI=1S/C12H17N3O3/c1-2-10(11(14)16)18-12(17)9-5-7(13)6-15(9)8-3-4-8/h5-6,8,10H,2-4,13H2,1H3,(H2,14,16). The van der Waals surface area contributed by atoms with Crippen molar-refractivity contribution in [2.24, 2.45) is 5.73 Å². The van der Waals surface area contributed by atoms with Crippen molar-refractivity contribution in [3.05, 3.63) is 18.0 Å². The van der Waals surface area contributed by atoms with Gasteiger partial charge in [-0.05, 0) is 25.3 Å². The van der Waals surface area contributed by atoms with Crippen LogP contribution in [0.5, 0.6) is 0 Å². The molecule has 1 unspecified atom stereocenters. The molecule has 1 aromatic rings. The van der Waals surface area contributed by atoms with Gasteiger partial charge in [-0.1, -0.05) is 6.92 Å². The van der Waals surface area contributed by atoms with Crippen molar-refractivity contribution >= 4 is 17.6 Å². The Bertz CT molecular complexity index is 477. The summed E-state index contributed by atoms with van der Waals surface area (Å²) < 4.78 is 6.90. The Morgan fingerprint density at radius 2 is 2.22 bits per heavy atom. The summed E-state index contributed by atoms with van der Waals surface area (Å²) >= 11 is 0. The average Bonchev–Trinajstić information content (AvgIpc) is 3.08. The summed E-state index contributed by atoms with van der Waals surface area (Å²) in [6, 6.07) is 1.88. The van der Waals surface area contributed by atoms with Gasteiger partial charge in [-0.2, -0.15) is 0 Å². The molecular weight excluding hydrogens is 234 g/mol. The maximum Gasteiger partial charge on any atom is 0.355 e. The number of nitrogens with two attached hydrogens (primary N) is 2. The second kappa shape index (κ2) is 4.72. The fraction of sp³-hybridized carbons (Fsp3) is 0.500. The van der Waals surface area contributed by atoms with E-state index in [1.54, 1.807) is 19.2 Å². The number of anilines is 1. The number of hydrogen-bond donors (Lipinski definition) is 2. The zero-order chi connectivity index (χ0) is 13.3. The molecule has 2 rings (SSSR count). The third kappa shape index (κ3) is 2.47. The molecule has 4 N–H and O–H groups in total. The van der Waals surface area contributed by atoms with Crippen LogP contribution in [0.25, 0.3) is 0 Å². The quantitative estimate of drug-likeness (QED) is 0.757. The molecule has 1 aliphatic carbocycles. The molecule has 98 valence electrons. The summed E-state index contributed by atoms with van der Waals surface area (Å²) in [6.07, 6.45) is 3.25. The molecule has 1 aliphatic rings. The maximum atomic E-state index is 12.0. The van der Waals surface area contributed by atoms with Gasteiger partial charge in [0, 0.05) is 12.2 Å². The topological polar surface area (TPSA) is 100 Å². The lowest BCUT2D eigenvalue weighted by Gasteiger charge is -2.13. The Morgan fingerprint density at radius 1 is 1.56 bits per heavy atom. The first kappa shape index (κ1) is 12.5. The van der Waals surface area contributed by atoms with E-state index in [9.17, 15) is 9.59 Å². The van der Waals surface area contributed by atoms with Crippen LogP contribution in [0, 0.1) is 0 Å². The van der Waals surface area contributed by atoms with E-state index in [0.29, 0.717) is 23.8 Å². The van der Waals surface area contributed by atoms with Crippen LogP contribution in [0.1, 0.15) is 42.7 Å². The summed E-state index contributed by atoms with van der Waals surface area (Å²) in [4.78, 5) is 23.0. The van der Waals surface area contributed by atoms with E-state index in [-0.39, 0.29) is 0 Å². The van der Waals surface area contributed by atoms with Gasteiger partial charge in [0.15, 0.2) is 6.10 Å². The lowest BCUT2D eigenvalue weighted by Crippen LogP contribution is -2.33. The smallest absolute Gasteiger partial charge is 0.355 e. The van der Waals surface area contributed by atoms with Gasteiger partial charge in [0.2, 0.25) is 0 Å². The molecule has 1 saturated carbocycles. The zero-order valence-electron chi connectivity index (χ0n) is 10.3. The fourth-order valence-electron chi connectivity index (χ4n) is 1.85.